The van der Waals surface area contributed by atoms with E-state index in [9.17, 15) is 4.79 Å². The van der Waals surface area contributed by atoms with Crippen LogP contribution in [-0.4, -0.2) is 30.1 Å². The van der Waals surface area contributed by atoms with Crippen LogP contribution >= 0.6 is 11.8 Å². The molecule has 0 radical (unpaired) electrons. The molecule has 122 valence electrons. The lowest BCUT2D eigenvalue weighted by molar-refractivity contribution is -0.113. The van der Waals surface area contributed by atoms with Crippen LogP contribution in [0.3, 0.4) is 0 Å². The van der Waals surface area contributed by atoms with Gasteiger partial charge in [-0.1, -0.05) is 19.3 Å². The second kappa shape index (κ2) is 9.74. The van der Waals surface area contributed by atoms with E-state index in [1.165, 1.54) is 32.1 Å². The van der Waals surface area contributed by atoms with Gasteiger partial charge in [0.2, 0.25) is 5.91 Å². The average Bonchev–Trinajstić information content (AvgIpc) is 2.54. The molecule has 1 saturated carbocycles. The molecule has 1 aromatic rings. The van der Waals surface area contributed by atoms with Gasteiger partial charge in [-0.05, 0) is 49.3 Å². The molecule has 0 unspecified atom stereocenters. The maximum atomic E-state index is 11.8. The maximum absolute atomic E-state index is 11.8. The van der Waals surface area contributed by atoms with Gasteiger partial charge in [0.25, 0.3) is 0 Å². The molecule has 5 heteroatoms. The van der Waals surface area contributed by atoms with E-state index >= 15 is 0 Å². The Morgan fingerprint density at radius 3 is 2.68 bits per heavy atom. The molecule has 0 heterocycles. The molecule has 1 aromatic carbocycles. The predicted molar refractivity (Wildman–Crippen MR) is 94.3 cm³/mol. The van der Waals surface area contributed by atoms with Gasteiger partial charge >= 0.3 is 0 Å². The lowest BCUT2D eigenvalue weighted by Crippen LogP contribution is -2.17. The second-order valence-electron chi connectivity index (χ2n) is 5.71. The summed E-state index contributed by atoms with van der Waals surface area (Å²) in [6.45, 7) is 0.817. The zero-order valence-corrected chi connectivity index (χ0v) is 13.9. The minimum absolute atomic E-state index is 0.0305. The first-order valence-corrected chi connectivity index (χ1v) is 9.24. The summed E-state index contributed by atoms with van der Waals surface area (Å²) in [4.78, 5) is 11.8. The molecule has 1 fully saturated rings. The average molecular weight is 322 g/mol. The summed E-state index contributed by atoms with van der Waals surface area (Å²) in [5, 5.41) is 2.87. The summed E-state index contributed by atoms with van der Waals surface area (Å²) >= 11 is 1.65. The molecular formula is C17H26N2O2S. The Morgan fingerprint density at radius 1 is 1.23 bits per heavy atom. The van der Waals surface area contributed by atoms with E-state index in [0.29, 0.717) is 17.5 Å². The van der Waals surface area contributed by atoms with Gasteiger partial charge in [0.1, 0.15) is 0 Å². The fourth-order valence-corrected chi connectivity index (χ4v) is 3.30. The molecule has 1 amide bonds. The third kappa shape index (κ3) is 6.71. The van der Waals surface area contributed by atoms with E-state index in [-0.39, 0.29) is 5.91 Å². The summed E-state index contributed by atoms with van der Waals surface area (Å²) in [6.07, 6.45) is 7.91. The van der Waals surface area contributed by atoms with Crippen molar-refractivity contribution in [2.45, 2.75) is 44.6 Å². The molecule has 0 saturated heterocycles. The zero-order chi connectivity index (χ0) is 15.6. The Bertz CT molecular complexity index is 444. The molecule has 1 aliphatic rings. The van der Waals surface area contributed by atoms with E-state index in [1.54, 1.807) is 23.9 Å². The number of anilines is 2. The lowest BCUT2D eigenvalue weighted by atomic mass is 9.98. The number of nitrogen functional groups attached to an aromatic ring is 1. The molecular weight excluding hydrogens is 296 g/mol. The van der Waals surface area contributed by atoms with Crippen LogP contribution in [-0.2, 0) is 9.53 Å². The fraction of sp³-hybridized carbons (Fsp3) is 0.588. The van der Waals surface area contributed by atoms with Crippen LogP contribution in [0.15, 0.2) is 24.3 Å². The predicted octanol–water partition coefficient (Wildman–Crippen LogP) is 3.68. The Balaban J connectivity index is 1.49. The van der Waals surface area contributed by atoms with E-state index < -0.39 is 0 Å². The van der Waals surface area contributed by atoms with E-state index in [4.69, 9.17) is 10.5 Å². The van der Waals surface area contributed by atoms with Crippen molar-refractivity contribution in [1.29, 1.82) is 0 Å². The SMILES string of the molecule is Nc1ccc(NC(=O)CSCCCOC2CCCCC2)cc1. The highest BCUT2D eigenvalue weighted by molar-refractivity contribution is 7.99. The van der Waals surface area contributed by atoms with Gasteiger partial charge in [-0.25, -0.2) is 0 Å². The third-order valence-electron chi connectivity index (χ3n) is 3.77. The number of amides is 1. The van der Waals surface area contributed by atoms with E-state index in [2.05, 4.69) is 5.32 Å². The minimum Gasteiger partial charge on any atom is -0.399 e. The summed E-state index contributed by atoms with van der Waals surface area (Å²) in [6, 6.07) is 7.20. The highest BCUT2D eigenvalue weighted by Gasteiger charge is 2.13. The van der Waals surface area contributed by atoms with Crippen LogP contribution in [0.4, 0.5) is 11.4 Å². The third-order valence-corrected chi connectivity index (χ3v) is 4.81. The molecule has 4 nitrogen and oxygen atoms in total. The summed E-state index contributed by atoms with van der Waals surface area (Å²) in [7, 11) is 0. The normalized spacial score (nSPS) is 15.6. The van der Waals surface area contributed by atoms with Crippen molar-refractivity contribution < 1.29 is 9.53 Å². The number of thioether (sulfide) groups is 1. The van der Waals surface area contributed by atoms with Gasteiger partial charge in [-0.3, -0.25) is 4.79 Å². The van der Waals surface area contributed by atoms with Crippen LogP contribution in [0.2, 0.25) is 0 Å². The van der Waals surface area contributed by atoms with Crippen molar-refractivity contribution >= 4 is 29.0 Å². The molecule has 0 spiro atoms. The number of carbonyl (C=O) groups is 1. The monoisotopic (exact) mass is 322 g/mol. The van der Waals surface area contributed by atoms with Gasteiger partial charge in [0, 0.05) is 18.0 Å². The summed E-state index contributed by atoms with van der Waals surface area (Å²) in [5.74, 6) is 1.47. The van der Waals surface area contributed by atoms with Crippen molar-refractivity contribution in [3.05, 3.63) is 24.3 Å². The second-order valence-corrected chi connectivity index (χ2v) is 6.81. The largest absolute Gasteiger partial charge is 0.399 e. The van der Waals surface area contributed by atoms with Crippen molar-refractivity contribution in [3.8, 4) is 0 Å². The van der Waals surface area contributed by atoms with Gasteiger partial charge in [0.05, 0.1) is 11.9 Å². The lowest BCUT2D eigenvalue weighted by Gasteiger charge is -2.21. The molecule has 0 aliphatic heterocycles. The Hall–Kier alpha value is -1.20. The number of hydrogen-bond acceptors (Lipinski definition) is 4. The standard InChI is InChI=1S/C17H26N2O2S/c18-14-7-9-15(10-8-14)19-17(20)13-22-12-4-11-21-16-5-2-1-3-6-16/h7-10,16H,1-6,11-13,18H2,(H,19,20). The van der Waals surface area contributed by atoms with Crippen molar-refractivity contribution in [1.82, 2.24) is 0 Å². The van der Waals surface area contributed by atoms with Crippen LogP contribution in [0.5, 0.6) is 0 Å². The first kappa shape index (κ1) is 17.2. The zero-order valence-electron chi connectivity index (χ0n) is 13.1. The molecule has 0 bridgehead atoms. The summed E-state index contributed by atoms with van der Waals surface area (Å²) in [5.41, 5.74) is 7.10. The van der Waals surface area contributed by atoms with Crippen LogP contribution in [0, 0.1) is 0 Å². The Kier molecular flexibility index (Phi) is 7.60. The Morgan fingerprint density at radius 2 is 1.95 bits per heavy atom. The number of carbonyl (C=O) groups excluding carboxylic acids is 1. The van der Waals surface area contributed by atoms with Crippen LogP contribution in [0.25, 0.3) is 0 Å². The number of benzene rings is 1. The van der Waals surface area contributed by atoms with Crippen LogP contribution in [0.1, 0.15) is 38.5 Å². The fourth-order valence-electron chi connectivity index (χ4n) is 2.57. The van der Waals surface area contributed by atoms with Crippen molar-refractivity contribution in [2.24, 2.45) is 0 Å². The molecule has 22 heavy (non-hydrogen) atoms. The highest BCUT2D eigenvalue weighted by atomic mass is 32.2. The molecule has 2 rings (SSSR count). The molecule has 0 atom stereocenters. The number of nitrogens with one attached hydrogen (secondary N) is 1. The maximum Gasteiger partial charge on any atom is 0.234 e. The first-order chi connectivity index (χ1) is 10.7. The highest BCUT2D eigenvalue weighted by Crippen LogP contribution is 2.20. The van der Waals surface area contributed by atoms with Gasteiger partial charge < -0.3 is 15.8 Å². The van der Waals surface area contributed by atoms with E-state index in [1.807, 2.05) is 12.1 Å². The van der Waals surface area contributed by atoms with Crippen molar-refractivity contribution in [3.63, 3.8) is 0 Å². The first-order valence-electron chi connectivity index (χ1n) is 8.09. The molecule has 3 N–H and O–H groups in total. The van der Waals surface area contributed by atoms with E-state index in [0.717, 1.165) is 24.5 Å². The number of hydrogen-bond donors (Lipinski definition) is 2. The number of ether oxygens (including phenoxy) is 1. The minimum atomic E-state index is 0.0305. The summed E-state index contributed by atoms with van der Waals surface area (Å²) < 4.78 is 5.87. The number of rotatable bonds is 8. The quantitative estimate of drug-likeness (QED) is 0.566. The van der Waals surface area contributed by atoms with Gasteiger partial charge in [0.15, 0.2) is 0 Å². The van der Waals surface area contributed by atoms with Crippen molar-refractivity contribution in [2.75, 3.05) is 29.2 Å². The smallest absolute Gasteiger partial charge is 0.234 e. The molecule has 1 aliphatic carbocycles. The van der Waals surface area contributed by atoms with Crippen LogP contribution < -0.4 is 11.1 Å². The molecule has 0 aromatic heterocycles. The Labute approximate surface area is 137 Å². The topological polar surface area (TPSA) is 64.3 Å². The van der Waals surface area contributed by atoms with Gasteiger partial charge in [-0.2, -0.15) is 11.8 Å². The number of nitrogens with two attached hydrogens (primary N) is 1. The van der Waals surface area contributed by atoms with Gasteiger partial charge in [-0.15, -0.1) is 0 Å².